The zero-order chi connectivity index (χ0) is 19.0. The third kappa shape index (κ3) is 3.41. The summed E-state index contributed by atoms with van der Waals surface area (Å²) >= 11 is 5.89. The maximum atomic E-state index is 13.4. The van der Waals surface area contributed by atoms with E-state index >= 15 is 0 Å². The van der Waals surface area contributed by atoms with Crippen LogP contribution in [0.1, 0.15) is 11.1 Å². The Bertz CT molecular complexity index is 1020. The molecule has 4 N–H and O–H groups in total. The normalized spacial score (nSPS) is 18.3. The summed E-state index contributed by atoms with van der Waals surface area (Å²) in [5.74, 6) is 0.0311. The molecule has 0 radical (unpaired) electrons. The number of carbonyl (C=O) groups is 1. The molecule has 7 nitrogen and oxygen atoms in total. The van der Waals surface area contributed by atoms with E-state index in [-0.39, 0.29) is 11.1 Å². The topological polar surface area (TPSA) is 94.4 Å². The number of amides is 2. The highest BCUT2D eigenvalue weighted by Crippen LogP contribution is 2.40. The maximum Gasteiger partial charge on any atom is 0.314 e. The molecule has 1 fully saturated rings. The van der Waals surface area contributed by atoms with Crippen molar-refractivity contribution in [1.29, 1.82) is 0 Å². The number of anilines is 1. The third-order valence-electron chi connectivity index (χ3n) is 4.40. The number of rotatable bonds is 5. The Morgan fingerprint density at radius 3 is 2.93 bits per heavy atom. The summed E-state index contributed by atoms with van der Waals surface area (Å²) in [4.78, 5) is 19.2. The van der Waals surface area contributed by atoms with E-state index in [0.717, 1.165) is 22.2 Å². The molecule has 0 aliphatic carbocycles. The molecule has 2 aromatic carbocycles. The van der Waals surface area contributed by atoms with Crippen LogP contribution in [-0.2, 0) is 17.0 Å². The van der Waals surface area contributed by atoms with E-state index in [9.17, 15) is 9.18 Å². The molecule has 2 amide bonds. The molecule has 3 aromatic rings. The second kappa shape index (κ2) is 6.71. The average molecular weight is 390 g/mol. The average Bonchev–Trinajstić information content (AvgIpc) is 3.32. The van der Waals surface area contributed by atoms with Gasteiger partial charge in [-0.25, -0.2) is 14.2 Å². The summed E-state index contributed by atoms with van der Waals surface area (Å²) in [6.45, 7) is 0.758. The number of hydrogen-bond donors (Lipinski definition) is 4. The van der Waals surface area contributed by atoms with E-state index < -0.39 is 11.5 Å². The van der Waals surface area contributed by atoms with Crippen molar-refractivity contribution in [2.24, 2.45) is 0 Å². The number of carbonyl (C=O) groups excluding carboxylic acids is 1. The van der Waals surface area contributed by atoms with Crippen LogP contribution in [0.15, 0.2) is 36.4 Å². The summed E-state index contributed by atoms with van der Waals surface area (Å²) in [7, 11) is 1.56. The number of para-hydroxylation sites is 1. The standard InChI is InChI=1S/C18H17ClFN5O2/c1-21-17(26)22-8-10-3-2-4-14-15(10)24-16(23-14)25-18(9-27-18)11-5-6-13(20)12(19)7-11/h2-7H,8-9H2,1H3,(H2,21,22,26)(H2,23,24,25). The Morgan fingerprint density at radius 2 is 2.22 bits per heavy atom. The van der Waals surface area contributed by atoms with E-state index in [1.54, 1.807) is 13.1 Å². The second-order valence-electron chi connectivity index (χ2n) is 6.20. The van der Waals surface area contributed by atoms with Crippen LogP contribution in [-0.4, -0.2) is 29.7 Å². The Hall–Kier alpha value is -2.84. The molecule has 0 bridgehead atoms. The molecule has 1 atom stereocenters. The molecule has 1 aliphatic rings. The van der Waals surface area contributed by atoms with Crippen LogP contribution in [0.4, 0.5) is 15.1 Å². The Kier molecular flexibility index (Phi) is 4.37. The highest BCUT2D eigenvalue weighted by molar-refractivity contribution is 6.30. The van der Waals surface area contributed by atoms with Crippen molar-refractivity contribution in [2.75, 3.05) is 19.0 Å². The van der Waals surface area contributed by atoms with Crippen LogP contribution in [0, 0.1) is 5.82 Å². The number of epoxide rings is 1. The monoisotopic (exact) mass is 389 g/mol. The lowest BCUT2D eigenvalue weighted by atomic mass is 10.1. The molecular weight excluding hydrogens is 373 g/mol. The maximum absolute atomic E-state index is 13.4. The van der Waals surface area contributed by atoms with Crippen molar-refractivity contribution in [2.45, 2.75) is 12.3 Å². The first-order valence-corrected chi connectivity index (χ1v) is 8.69. The molecule has 1 unspecified atom stereocenters. The number of imidazole rings is 1. The number of H-pyrrole nitrogens is 1. The molecule has 0 saturated carbocycles. The van der Waals surface area contributed by atoms with Gasteiger partial charge < -0.3 is 25.7 Å². The molecule has 4 rings (SSSR count). The number of fused-ring (bicyclic) bond motifs is 1. The Balaban J connectivity index is 1.59. The Labute approximate surface area is 159 Å². The molecule has 2 heterocycles. The van der Waals surface area contributed by atoms with Gasteiger partial charge in [-0.15, -0.1) is 0 Å². The predicted octanol–water partition coefficient (Wildman–Crippen LogP) is 3.08. The fourth-order valence-electron chi connectivity index (χ4n) is 2.88. The van der Waals surface area contributed by atoms with Crippen molar-refractivity contribution in [3.63, 3.8) is 0 Å². The zero-order valence-electron chi connectivity index (χ0n) is 14.4. The van der Waals surface area contributed by atoms with E-state index in [1.807, 2.05) is 18.2 Å². The number of hydrogen-bond acceptors (Lipinski definition) is 4. The number of aromatic nitrogens is 2. The number of ether oxygens (including phenoxy) is 1. The van der Waals surface area contributed by atoms with Gasteiger partial charge in [-0.1, -0.05) is 29.8 Å². The molecule has 27 heavy (non-hydrogen) atoms. The largest absolute Gasteiger partial charge is 0.344 e. The van der Waals surface area contributed by atoms with Gasteiger partial charge in [0.25, 0.3) is 0 Å². The number of benzene rings is 2. The van der Waals surface area contributed by atoms with Gasteiger partial charge in [-0.2, -0.15) is 0 Å². The number of halogens is 2. The summed E-state index contributed by atoms with van der Waals surface area (Å²) in [5.41, 5.74) is 2.36. The first-order chi connectivity index (χ1) is 13.0. The minimum absolute atomic E-state index is 0.0383. The molecule has 140 valence electrons. The van der Waals surface area contributed by atoms with Gasteiger partial charge in [0.1, 0.15) is 12.4 Å². The van der Waals surface area contributed by atoms with Crippen LogP contribution < -0.4 is 16.0 Å². The van der Waals surface area contributed by atoms with E-state index in [4.69, 9.17) is 16.3 Å². The summed E-state index contributed by atoms with van der Waals surface area (Å²) in [6.07, 6.45) is 0. The summed E-state index contributed by atoms with van der Waals surface area (Å²) in [5, 5.41) is 8.51. The highest BCUT2D eigenvalue weighted by atomic mass is 35.5. The van der Waals surface area contributed by atoms with Gasteiger partial charge in [0.05, 0.1) is 16.1 Å². The first kappa shape index (κ1) is 17.6. The number of nitrogens with zero attached hydrogens (tertiary/aromatic N) is 1. The summed E-state index contributed by atoms with van der Waals surface area (Å²) in [6, 6.07) is 9.89. The fourth-order valence-corrected chi connectivity index (χ4v) is 3.06. The van der Waals surface area contributed by atoms with Crippen LogP contribution in [0.2, 0.25) is 5.02 Å². The number of aromatic amines is 1. The van der Waals surface area contributed by atoms with Crippen LogP contribution in [0.5, 0.6) is 0 Å². The molecule has 1 aromatic heterocycles. The lowest BCUT2D eigenvalue weighted by Gasteiger charge is -2.14. The van der Waals surface area contributed by atoms with Crippen molar-refractivity contribution < 1.29 is 13.9 Å². The van der Waals surface area contributed by atoms with Gasteiger partial charge in [-0.05, 0) is 23.8 Å². The SMILES string of the molecule is CNC(=O)NCc1cccc2[nH]c(NC3(c4ccc(F)c(Cl)c4)CO3)nc12. The molecule has 1 aliphatic heterocycles. The van der Waals surface area contributed by atoms with E-state index in [0.29, 0.717) is 19.1 Å². The number of urea groups is 1. The quantitative estimate of drug-likeness (QED) is 0.504. The smallest absolute Gasteiger partial charge is 0.314 e. The minimum atomic E-state index is -0.786. The van der Waals surface area contributed by atoms with Crippen molar-refractivity contribution >= 4 is 34.6 Å². The molecule has 1 saturated heterocycles. The van der Waals surface area contributed by atoms with Gasteiger partial charge in [0.2, 0.25) is 5.95 Å². The predicted molar refractivity (Wildman–Crippen MR) is 100 cm³/mol. The van der Waals surface area contributed by atoms with Crippen LogP contribution in [0.25, 0.3) is 11.0 Å². The molecular formula is C18H17ClFN5O2. The molecule has 9 heteroatoms. The van der Waals surface area contributed by atoms with Crippen LogP contribution in [0.3, 0.4) is 0 Å². The molecule has 0 spiro atoms. The highest BCUT2D eigenvalue weighted by Gasteiger charge is 2.47. The first-order valence-electron chi connectivity index (χ1n) is 8.31. The van der Waals surface area contributed by atoms with Crippen molar-refractivity contribution in [1.82, 2.24) is 20.6 Å². The van der Waals surface area contributed by atoms with E-state index in [2.05, 4.69) is 25.9 Å². The van der Waals surface area contributed by atoms with Crippen LogP contribution >= 0.6 is 11.6 Å². The fraction of sp³-hybridized carbons (Fsp3) is 0.222. The lowest BCUT2D eigenvalue weighted by molar-refractivity contribution is 0.242. The minimum Gasteiger partial charge on any atom is -0.344 e. The van der Waals surface area contributed by atoms with Crippen molar-refractivity contribution in [3.05, 3.63) is 58.4 Å². The van der Waals surface area contributed by atoms with Crippen molar-refractivity contribution in [3.8, 4) is 0 Å². The lowest BCUT2D eigenvalue weighted by Crippen LogP contribution is -2.32. The second-order valence-corrected chi connectivity index (χ2v) is 6.61. The van der Waals surface area contributed by atoms with Gasteiger partial charge in [-0.3, -0.25) is 0 Å². The third-order valence-corrected chi connectivity index (χ3v) is 4.69. The van der Waals surface area contributed by atoms with Gasteiger partial charge in [0.15, 0.2) is 5.72 Å². The number of nitrogens with one attached hydrogen (secondary N) is 4. The van der Waals surface area contributed by atoms with E-state index in [1.165, 1.54) is 12.1 Å². The Morgan fingerprint density at radius 1 is 1.41 bits per heavy atom. The van der Waals surface area contributed by atoms with Gasteiger partial charge in [0, 0.05) is 19.2 Å². The van der Waals surface area contributed by atoms with Gasteiger partial charge >= 0.3 is 6.03 Å². The summed E-state index contributed by atoms with van der Waals surface area (Å²) < 4.78 is 19.0. The zero-order valence-corrected chi connectivity index (χ0v) is 15.2.